The first-order valence-corrected chi connectivity index (χ1v) is 25.1. The average molecular weight is 1030 g/mol. The van der Waals surface area contributed by atoms with Crippen molar-refractivity contribution in [3.05, 3.63) is 81.8 Å². The molecule has 3 aromatic carbocycles. The van der Waals surface area contributed by atoms with E-state index in [0.29, 0.717) is 39.6 Å². The molecule has 69 heavy (non-hydrogen) atoms. The third kappa shape index (κ3) is 18.5. The molecule has 19 heteroatoms. The molecule has 3 aliphatic rings. The topological polar surface area (TPSA) is 209 Å². The molecule has 0 aliphatic carbocycles. The molecule has 380 valence electrons. The zero-order valence-corrected chi connectivity index (χ0v) is 41.7. The number of hydrogen-bond donors (Lipinski definition) is 6. The number of hydrogen-bond acceptors (Lipinski definition) is 14. The number of carboxylic acids is 3. The van der Waals surface area contributed by atoms with Gasteiger partial charge in [0.1, 0.15) is 30.9 Å². The second kappa shape index (κ2) is 28.0. The van der Waals surface area contributed by atoms with Crippen molar-refractivity contribution in [3.8, 4) is 22.6 Å². The highest BCUT2D eigenvalue weighted by atomic mass is 79.9. The Bertz CT molecular complexity index is 2080. The molecule has 3 atom stereocenters. The number of likely N-dealkylation sites (tertiary alicyclic amines) is 1. The molecule has 3 saturated heterocycles. The van der Waals surface area contributed by atoms with Gasteiger partial charge < -0.3 is 54.9 Å². The van der Waals surface area contributed by atoms with Crippen molar-refractivity contribution in [2.24, 2.45) is 0 Å². The standard InChI is InChI=1S/C50H72BrN7O11/c1-38-40(12-8-13-42(38)39-10-4-2-5-11-39)35-68-45-29-44(41(28-43(45)51)32-55-16-6-3-7-17-55)67-27-9-18-54-20-22-57(23-21-54)36-66-37-58(34-49(63)64,25-15-53-30-46-50(65)69-46)26-24-56(33-48(61)62)19-14-52-31-47(59)60/h2,4-5,8,10-13,28-29,46,50,52-53,65H,3,6-7,9,14-27,30-37H2,1H3,(H2-,59,60,61,62,63,64)/p+1. The van der Waals surface area contributed by atoms with Gasteiger partial charge in [0.15, 0.2) is 19.6 Å². The van der Waals surface area contributed by atoms with Crippen molar-refractivity contribution in [2.45, 2.75) is 58.2 Å². The van der Waals surface area contributed by atoms with Gasteiger partial charge in [0.2, 0.25) is 0 Å². The van der Waals surface area contributed by atoms with Crippen LogP contribution in [0, 0.1) is 6.92 Å². The maximum atomic E-state index is 12.3. The molecule has 6 N–H and O–H groups in total. The summed E-state index contributed by atoms with van der Waals surface area (Å²) in [5.41, 5.74) is 5.85. The molecule has 0 radical (unpaired) electrons. The van der Waals surface area contributed by atoms with Gasteiger partial charge >= 0.3 is 17.9 Å². The fourth-order valence-corrected chi connectivity index (χ4v) is 9.53. The largest absolute Gasteiger partial charge is 0.493 e. The van der Waals surface area contributed by atoms with E-state index in [-0.39, 0.29) is 63.1 Å². The van der Waals surface area contributed by atoms with Crippen LogP contribution in [0.15, 0.2) is 65.1 Å². The van der Waals surface area contributed by atoms with Crippen LogP contribution < -0.4 is 20.1 Å². The van der Waals surface area contributed by atoms with Crippen molar-refractivity contribution >= 4 is 33.8 Å². The molecule has 0 saturated carbocycles. The van der Waals surface area contributed by atoms with Crippen molar-refractivity contribution in [3.63, 3.8) is 0 Å². The van der Waals surface area contributed by atoms with Gasteiger partial charge in [-0.15, -0.1) is 0 Å². The molecule has 3 aliphatic heterocycles. The molecule has 6 rings (SSSR count). The van der Waals surface area contributed by atoms with Crippen LogP contribution >= 0.6 is 15.9 Å². The number of ether oxygens (including phenoxy) is 4. The maximum Gasteiger partial charge on any atom is 0.359 e. The van der Waals surface area contributed by atoms with Gasteiger partial charge in [-0.25, -0.2) is 4.79 Å². The molecule has 3 unspecified atom stereocenters. The second-order valence-corrected chi connectivity index (χ2v) is 19.3. The van der Waals surface area contributed by atoms with Crippen LogP contribution in [0.2, 0.25) is 0 Å². The number of aliphatic hydroxyl groups is 1. The molecule has 0 bridgehead atoms. The molecular formula is C50H73BrN7O11+. The minimum Gasteiger partial charge on any atom is -0.493 e. The smallest absolute Gasteiger partial charge is 0.359 e. The van der Waals surface area contributed by atoms with E-state index in [0.717, 1.165) is 85.9 Å². The fourth-order valence-electron chi connectivity index (χ4n) is 9.03. The maximum absolute atomic E-state index is 12.3. The number of carboxylic acid groups (broad SMARTS) is 3. The van der Waals surface area contributed by atoms with Crippen molar-refractivity contribution < 1.29 is 58.2 Å². The molecular weight excluding hydrogens is 954 g/mol. The Kier molecular flexibility index (Phi) is 21.9. The van der Waals surface area contributed by atoms with E-state index in [1.807, 2.05) is 12.1 Å². The summed E-state index contributed by atoms with van der Waals surface area (Å²) >= 11 is 3.82. The first-order valence-electron chi connectivity index (χ1n) is 24.3. The van der Waals surface area contributed by atoms with Crippen LogP contribution in [0.25, 0.3) is 11.1 Å². The van der Waals surface area contributed by atoms with Crippen molar-refractivity contribution in [2.75, 3.05) is 131 Å². The average Bonchev–Trinajstić information content (AvgIpc) is 4.04. The van der Waals surface area contributed by atoms with Gasteiger partial charge in [-0.05, 0) is 83.5 Å². The van der Waals surface area contributed by atoms with Gasteiger partial charge in [-0.2, -0.15) is 0 Å². The number of epoxide rings is 1. The van der Waals surface area contributed by atoms with Crippen LogP contribution in [0.3, 0.4) is 0 Å². The predicted molar refractivity (Wildman–Crippen MR) is 264 cm³/mol. The number of benzene rings is 3. The summed E-state index contributed by atoms with van der Waals surface area (Å²) in [6, 6.07) is 21.0. The van der Waals surface area contributed by atoms with E-state index in [4.69, 9.17) is 24.1 Å². The summed E-state index contributed by atoms with van der Waals surface area (Å²) in [4.78, 5) is 43.8. The van der Waals surface area contributed by atoms with Crippen molar-refractivity contribution in [1.29, 1.82) is 0 Å². The number of quaternary nitrogens is 1. The fraction of sp³-hybridized carbons (Fsp3) is 0.580. The number of nitrogens with zero attached hydrogens (tertiary/aromatic N) is 5. The lowest BCUT2D eigenvalue weighted by atomic mass is 9.97. The zero-order chi connectivity index (χ0) is 49.0. The van der Waals surface area contributed by atoms with E-state index < -0.39 is 24.2 Å². The van der Waals surface area contributed by atoms with Crippen LogP contribution in [0.1, 0.15) is 42.4 Å². The SMILES string of the molecule is Cc1c(COc2cc(OCCCN3CCN(COC[N+](CCNCC4OC4O)(CCN(CCNCC(=O)O)CC(=O)O)CC(=O)O)CC3)c(CN3CCCCC3)cc2Br)cccc1-c1ccccc1. The van der Waals surface area contributed by atoms with E-state index in [1.54, 1.807) is 4.90 Å². The Morgan fingerprint density at radius 1 is 0.812 bits per heavy atom. The zero-order valence-electron chi connectivity index (χ0n) is 40.1. The highest BCUT2D eigenvalue weighted by molar-refractivity contribution is 9.10. The number of aliphatic hydroxyl groups excluding tert-OH is 1. The van der Waals surface area contributed by atoms with Gasteiger partial charge in [-0.3, -0.25) is 28.8 Å². The molecule has 0 amide bonds. The number of carbonyl (C=O) groups is 3. The van der Waals surface area contributed by atoms with Crippen LogP contribution in [0.5, 0.6) is 11.5 Å². The number of nitrogens with one attached hydrogen (secondary N) is 2. The Morgan fingerprint density at radius 2 is 1.57 bits per heavy atom. The van der Waals surface area contributed by atoms with Crippen LogP contribution in [0.4, 0.5) is 0 Å². The Hall–Kier alpha value is -4.25. The van der Waals surface area contributed by atoms with E-state index in [9.17, 15) is 29.7 Å². The van der Waals surface area contributed by atoms with Gasteiger partial charge in [-0.1, -0.05) is 55.0 Å². The molecule has 3 aromatic rings. The van der Waals surface area contributed by atoms with Crippen LogP contribution in [-0.2, 0) is 37.0 Å². The number of piperidine rings is 1. The molecule has 3 heterocycles. The van der Waals surface area contributed by atoms with Gasteiger partial charge in [0.25, 0.3) is 0 Å². The summed E-state index contributed by atoms with van der Waals surface area (Å²) in [6.45, 7) is 12.2. The van der Waals surface area contributed by atoms with Gasteiger partial charge in [0.05, 0.1) is 37.3 Å². The van der Waals surface area contributed by atoms with Crippen LogP contribution in [-0.4, -0.2) is 206 Å². The summed E-state index contributed by atoms with van der Waals surface area (Å²) < 4.78 is 25.4. The lowest BCUT2D eigenvalue weighted by molar-refractivity contribution is -0.938. The lowest BCUT2D eigenvalue weighted by Crippen LogP contribution is -2.59. The van der Waals surface area contributed by atoms with E-state index in [2.05, 4.69) is 96.7 Å². The Labute approximate surface area is 414 Å². The van der Waals surface area contributed by atoms with E-state index >= 15 is 0 Å². The highest BCUT2D eigenvalue weighted by Gasteiger charge is 2.37. The minimum atomic E-state index is -1.04. The monoisotopic (exact) mass is 1030 g/mol. The Balaban J connectivity index is 0.996. The number of rotatable bonds is 32. The van der Waals surface area contributed by atoms with E-state index in [1.165, 1.54) is 36.0 Å². The molecule has 0 spiro atoms. The third-order valence-electron chi connectivity index (χ3n) is 13.1. The lowest BCUT2D eigenvalue weighted by Gasteiger charge is -2.39. The highest BCUT2D eigenvalue weighted by Crippen LogP contribution is 2.36. The number of piperazine rings is 1. The third-order valence-corrected chi connectivity index (χ3v) is 13.7. The predicted octanol–water partition coefficient (Wildman–Crippen LogP) is 3.58. The summed E-state index contributed by atoms with van der Waals surface area (Å²) in [7, 11) is 0. The van der Waals surface area contributed by atoms with Gasteiger partial charge in [0, 0.05) is 83.6 Å². The Morgan fingerprint density at radius 3 is 2.28 bits per heavy atom. The summed E-state index contributed by atoms with van der Waals surface area (Å²) in [6.07, 6.45) is 3.43. The second-order valence-electron chi connectivity index (χ2n) is 18.4. The molecule has 3 fully saturated rings. The quantitative estimate of drug-likeness (QED) is 0.0229. The normalized spacial score (nSPS) is 18.8. The molecule has 18 nitrogen and oxygen atoms in total. The minimum absolute atomic E-state index is 0.0308. The number of halogens is 1. The van der Waals surface area contributed by atoms with Crippen molar-refractivity contribution in [1.82, 2.24) is 30.2 Å². The summed E-state index contributed by atoms with van der Waals surface area (Å²) in [5.74, 6) is -1.46. The first kappa shape index (κ1) is 54.1. The summed E-state index contributed by atoms with van der Waals surface area (Å²) in [5, 5.41) is 44.2. The molecule has 0 aromatic heterocycles. The number of aliphatic carboxylic acids is 3. The first-order chi connectivity index (χ1) is 33.4.